The maximum Gasteiger partial charge on any atom is 0.294 e. The Morgan fingerprint density at radius 2 is 1.77 bits per heavy atom. The van der Waals surface area contributed by atoms with Gasteiger partial charge < -0.3 is 36.0 Å². The maximum atomic E-state index is 14.0. The average Bonchev–Trinajstić information content (AvgIpc) is 3.51. The molecule has 13 nitrogen and oxygen atoms in total. The summed E-state index contributed by atoms with van der Waals surface area (Å²) in [7, 11) is 3.09. The maximum absolute atomic E-state index is 14.0. The number of amides is 2. The highest BCUT2D eigenvalue weighted by Crippen LogP contribution is 2.53. The molecule has 1 fully saturated rings. The Morgan fingerprint density at radius 3 is 2.39 bits per heavy atom. The first-order valence-corrected chi connectivity index (χ1v) is 13.7. The van der Waals surface area contributed by atoms with Gasteiger partial charge in [0, 0.05) is 23.2 Å². The number of phenolic OH excluding ortho intramolecular Hbond substituents is 1. The minimum absolute atomic E-state index is 0.0125. The number of anilines is 1. The van der Waals surface area contributed by atoms with E-state index in [0.29, 0.717) is 22.4 Å². The zero-order valence-electron chi connectivity index (χ0n) is 23.6. The van der Waals surface area contributed by atoms with Gasteiger partial charge in [0.2, 0.25) is 11.5 Å². The van der Waals surface area contributed by atoms with Crippen molar-refractivity contribution in [3.8, 4) is 16.9 Å². The van der Waals surface area contributed by atoms with Gasteiger partial charge in [-0.1, -0.05) is 23.4 Å². The Morgan fingerprint density at radius 1 is 1.07 bits per heavy atom. The number of primary amides is 1. The zero-order chi connectivity index (χ0) is 31.7. The van der Waals surface area contributed by atoms with Gasteiger partial charge in [0.25, 0.3) is 11.8 Å². The van der Waals surface area contributed by atoms with Crippen LogP contribution in [0.4, 0.5) is 5.69 Å². The number of fused-ring (bicyclic) bond motifs is 3. The van der Waals surface area contributed by atoms with Crippen LogP contribution in [0.5, 0.6) is 5.75 Å². The van der Waals surface area contributed by atoms with Crippen LogP contribution in [0.2, 0.25) is 0 Å². The van der Waals surface area contributed by atoms with Gasteiger partial charge >= 0.3 is 0 Å². The fraction of sp³-hybridized carbons (Fsp3) is 0.258. The fourth-order valence-corrected chi connectivity index (χ4v) is 6.77. The Hall–Kier alpha value is -5.27. The number of hydrogen-bond donors (Lipinski definition) is 6. The van der Waals surface area contributed by atoms with Crippen LogP contribution >= 0.6 is 0 Å². The Labute approximate surface area is 249 Å². The number of hydrogen-bond acceptors (Lipinski definition) is 11. The van der Waals surface area contributed by atoms with E-state index in [-0.39, 0.29) is 35.5 Å². The summed E-state index contributed by atoms with van der Waals surface area (Å²) in [5.41, 5.74) is 3.87. The average molecular weight is 601 g/mol. The summed E-state index contributed by atoms with van der Waals surface area (Å²) in [6, 6.07) is 10.1. The van der Waals surface area contributed by atoms with E-state index in [1.807, 2.05) is 0 Å². The monoisotopic (exact) mass is 600 g/mol. The third-order valence-corrected chi connectivity index (χ3v) is 8.72. The molecule has 0 bridgehead atoms. The standard InChI is InChI=1S/C31H28N4O9/c1-35(2)24-18-12-14-11-17-16(13-3-5-15(6-4-13)34-30(42)20-9-10-33-44-20)7-8-19(36)22(17)25(37)21(14)27(39)31(18,43)28(40)23(26(24)38)29(32)41/h3-10,14,18,24,36-37,40,43H,11-12H2,1-2H3,(H2,32,41)(H,34,42)/t14-,18-,24-,31-/m1/s1. The van der Waals surface area contributed by atoms with Crippen LogP contribution in [0, 0.1) is 11.8 Å². The fourth-order valence-electron chi connectivity index (χ4n) is 6.77. The van der Waals surface area contributed by atoms with E-state index in [2.05, 4.69) is 10.5 Å². The van der Waals surface area contributed by atoms with Gasteiger partial charge in [0.15, 0.2) is 11.4 Å². The van der Waals surface area contributed by atoms with E-state index in [9.17, 15) is 39.6 Å². The molecule has 3 aliphatic carbocycles. The van der Waals surface area contributed by atoms with Crippen molar-refractivity contribution in [2.45, 2.75) is 24.5 Å². The molecule has 0 aliphatic heterocycles. The smallest absolute Gasteiger partial charge is 0.294 e. The van der Waals surface area contributed by atoms with Gasteiger partial charge in [-0.2, -0.15) is 0 Å². The van der Waals surface area contributed by atoms with Crippen molar-refractivity contribution < 1.29 is 44.1 Å². The highest BCUT2D eigenvalue weighted by Gasteiger charge is 2.64. The molecule has 0 radical (unpaired) electrons. The van der Waals surface area contributed by atoms with Crippen LogP contribution in [0.25, 0.3) is 16.9 Å². The third-order valence-electron chi connectivity index (χ3n) is 8.72. The number of nitrogens with two attached hydrogens (primary N) is 1. The number of benzene rings is 2. The second kappa shape index (κ2) is 10.2. The van der Waals surface area contributed by atoms with Gasteiger partial charge in [0.1, 0.15) is 22.8 Å². The zero-order valence-corrected chi connectivity index (χ0v) is 23.6. The highest BCUT2D eigenvalue weighted by molar-refractivity contribution is 6.24. The number of Topliss-reactive ketones (excluding diaryl/α,β-unsaturated/α-hetero) is 2. The minimum Gasteiger partial charge on any atom is -0.508 e. The second-order valence-corrected chi connectivity index (χ2v) is 11.4. The molecule has 1 aromatic heterocycles. The number of nitrogens with zero attached hydrogens (tertiary/aromatic N) is 2. The molecule has 1 heterocycles. The van der Waals surface area contributed by atoms with Crippen molar-refractivity contribution in [3.63, 3.8) is 0 Å². The Bertz CT molecular complexity index is 1810. The van der Waals surface area contributed by atoms with Crippen LogP contribution < -0.4 is 11.1 Å². The second-order valence-electron chi connectivity index (χ2n) is 11.4. The van der Waals surface area contributed by atoms with Gasteiger partial charge in [-0.15, -0.1) is 0 Å². The van der Waals surface area contributed by atoms with Crippen molar-refractivity contribution in [3.05, 3.63) is 82.5 Å². The predicted molar refractivity (Wildman–Crippen MR) is 154 cm³/mol. The molecular formula is C31H28N4O9. The summed E-state index contributed by atoms with van der Waals surface area (Å²) in [6.07, 6.45) is 1.47. The molecule has 6 rings (SSSR count). The molecule has 3 aliphatic rings. The summed E-state index contributed by atoms with van der Waals surface area (Å²) in [4.78, 5) is 53.2. The van der Waals surface area contributed by atoms with Crippen molar-refractivity contribution in [2.24, 2.45) is 17.6 Å². The number of likely N-dealkylation sites (N-methyl/N-ethyl adjacent to an activating group) is 1. The molecule has 226 valence electrons. The van der Waals surface area contributed by atoms with E-state index in [4.69, 9.17) is 10.3 Å². The summed E-state index contributed by atoms with van der Waals surface area (Å²) >= 11 is 0. The first-order valence-electron chi connectivity index (χ1n) is 13.7. The van der Waals surface area contributed by atoms with Crippen LogP contribution in [0.15, 0.2) is 70.1 Å². The molecule has 2 amide bonds. The Kier molecular flexibility index (Phi) is 6.67. The minimum atomic E-state index is -2.70. The van der Waals surface area contributed by atoms with E-state index < -0.39 is 64.0 Å². The van der Waals surface area contributed by atoms with E-state index in [1.54, 1.807) is 44.4 Å². The summed E-state index contributed by atoms with van der Waals surface area (Å²) in [5.74, 6) is -7.53. The van der Waals surface area contributed by atoms with Crippen molar-refractivity contribution in [1.29, 1.82) is 0 Å². The molecular weight excluding hydrogens is 572 g/mol. The molecule has 0 unspecified atom stereocenters. The Balaban J connectivity index is 1.43. The van der Waals surface area contributed by atoms with Crippen molar-refractivity contribution in [1.82, 2.24) is 10.1 Å². The largest absolute Gasteiger partial charge is 0.508 e. The lowest BCUT2D eigenvalue weighted by Crippen LogP contribution is -2.65. The van der Waals surface area contributed by atoms with E-state index in [1.165, 1.54) is 23.2 Å². The number of ketones is 2. The number of aromatic nitrogens is 1. The first-order chi connectivity index (χ1) is 20.9. The van der Waals surface area contributed by atoms with Gasteiger partial charge in [-0.25, -0.2) is 0 Å². The first kappa shape index (κ1) is 28.8. The molecule has 2 aromatic carbocycles. The quantitative estimate of drug-likeness (QED) is 0.232. The number of nitrogens with one attached hydrogen (secondary N) is 1. The normalized spacial score (nSPS) is 24.6. The van der Waals surface area contributed by atoms with E-state index >= 15 is 0 Å². The number of rotatable bonds is 5. The number of carbonyl (C=O) groups is 4. The van der Waals surface area contributed by atoms with Gasteiger partial charge in [0.05, 0.1) is 17.8 Å². The summed E-state index contributed by atoms with van der Waals surface area (Å²) in [5, 5.41) is 51.2. The molecule has 4 atom stereocenters. The van der Waals surface area contributed by atoms with Gasteiger partial charge in [-0.05, 0) is 67.7 Å². The van der Waals surface area contributed by atoms with Crippen LogP contribution in [0.1, 0.15) is 28.1 Å². The van der Waals surface area contributed by atoms with Crippen LogP contribution in [-0.4, -0.2) is 79.6 Å². The molecule has 3 aromatic rings. The molecule has 0 spiro atoms. The highest BCUT2D eigenvalue weighted by atomic mass is 16.5. The summed E-state index contributed by atoms with van der Waals surface area (Å²) < 4.78 is 4.87. The molecule has 0 saturated heterocycles. The lowest BCUT2D eigenvalue weighted by molar-refractivity contribution is -0.153. The lowest BCUT2D eigenvalue weighted by atomic mass is 9.57. The number of phenols is 1. The number of aliphatic hydroxyl groups is 3. The lowest BCUT2D eigenvalue weighted by Gasteiger charge is -2.50. The topological polar surface area (TPSA) is 217 Å². The van der Waals surface area contributed by atoms with E-state index in [0.717, 1.165) is 0 Å². The third kappa shape index (κ3) is 4.12. The molecule has 13 heteroatoms. The number of aliphatic hydroxyl groups excluding tert-OH is 2. The SMILES string of the molecule is CN(C)[C@H]1C(=O)C(C(N)=O)=C(O)[C@]2(O)C(=O)C3=C(O)c4c(O)ccc(-c5ccc(NC(=O)c6ccno6)cc5)c4C[C@@H]3C[C@H]12. The predicted octanol–water partition coefficient (Wildman–Crippen LogP) is 1.87. The van der Waals surface area contributed by atoms with Crippen molar-refractivity contribution >= 4 is 34.8 Å². The molecule has 1 saturated carbocycles. The number of aromatic hydroxyl groups is 1. The molecule has 7 N–H and O–H groups in total. The molecule has 44 heavy (non-hydrogen) atoms. The van der Waals surface area contributed by atoms with Crippen LogP contribution in [0.3, 0.4) is 0 Å². The number of carbonyl (C=O) groups excluding carboxylic acids is 4. The summed E-state index contributed by atoms with van der Waals surface area (Å²) in [6.45, 7) is 0. The van der Waals surface area contributed by atoms with Gasteiger partial charge in [-0.3, -0.25) is 24.1 Å². The van der Waals surface area contributed by atoms with Crippen molar-refractivity contribution in [2.75, 3.05) is 19.4 Å². The van der Waals surface area contributed by atoms with Crippen LogP contribution in [-0.2, 0) is 20.8 Å².